The van der Waals surface area contributed by atoms with Crippen molar-refractivity contribution in [3.05, 3.63) is 28.7 Å². The van der Waals surface area contributed by atoms with Crippen molar-refractivity contribution in [1.82, 2.24) is 0 Å². The molecule has 3 N–H and O–H groups in total. The third-order valence-corrected chi connectivity index (χ3v) is 4.28. The highest BCUT2D eigenvalue weighted by Gasteiger charge is 2.16. The van der Waals surface area contributed by atoms with Gasteiger partial charge in [-0.3, -0.25) is 4.79 Å². The molecule has 0 saturated carbocycles. The minimum Gasteiger partial charge on any atom is -0.330 e. The van der Waals surface area contributed by atoms with Gasteiger partial charge in [0.05, 0.1) is 5.75 Å². The Bertz CT molecular complexity index is 500. The number of hydrogen-bond donors (Lipinski definition) is 2. The predicted octanol–water partition coefficient (Wildman–Crippen LogP) is 1.15. The molecule has 0 aliphatic heterocycles. The minimum absolute atomic E-state index is 0.0583. The summed E-state index contributed by atoms with van der Waals surface area (Å²) in [7, 11) is -3.37. The second kappa shape index (κ2) is 6.86. The standard InChI is InChI=1S/C11H15BrN2O3S/c12-9-2-4-10(5-3-9)14-11(15)8-18(16,17)7-1-6-13/h2-5H,1,6-8,13H2,(H,14,15). The molecular weight excluding hydrogens is 320 g/mol. The van der Waals surface area contributed by atoms with Crippen LogP contribution >= 0.6 is 15.9 Å². The van der Waals surface area contributed by atoms with Gasteiger partial charge >= 0.3 is 0 Å². The van der Waals surface area contributed by atoms with Crippen molar-refractivity contribution in [1.29, 1.82) is 0 Å². The Morgan fingerprint density at radius 2 is 1.89 bits per heavy atom. The number of rotatable bonds is 6. The molecule has 0 saturated heterocycles. The summed E-state index contributed by atoms with van der Waals surface area (Å²) in [5.74, 6) is -1.10. The van der Waals surface area contributed by atoms with Crippen LogP contribution < -0.4 is 11.1 Å². The molecule has 1 amide bonds. The van der Waals surface area contributed by atoms with Crippen LogP contribution in [0.4, 0.5) is 5.69 Å². The van der Waals surface area contributed by atoms with E-state index in [1.807, 2.05) is 0 Å². The number of carbonyl (C=O) groups excluding carboxylic acids is 1. The van der Waals surface area contributed by atoms with Crippen LogP contribution in [0.3, 0.4) is 0 Å². The highest BCUT2D eigenvalue weighted by Crippen LogP contribution is 2.14. The molecule has 5 nitrogen and oxygen atoms in total. The van der Waals surface area contributed by atoms with Gasteiger partial charge in [-0.2, -0.15) is 0 Å². The first kappa shape index (κ1) is 15.1. The lowest BCUT2D eigenvalue weighted by molar-refractivity contribution is -0.113. The molecular formula is C11H15BrN2O3S. The van der Waals surface area contributed by atoms with Crippen LogP contribution in [0.1, 0.15) is 6.42 Å². The topological polar surface area (TPSA) is 89.3 Å². The fourth-order valence-corrected chi connectivity index (χ4v) is 2.79. The molecule has 1 aromatic rings. The van der Waals surface area contributed by atoms with Crippen LogP contribution in [-0.4, -0.2) is 32.4 Å². The second-order valence-electron chi connectivity index (χ2n) is 3.79. The molecule has 0 radical (unpaired) electrons. The van der Waals surface area contributed by atoms with Gasteiger partial charge in [-0.25, -0.2) is 8.42 Å². The Morgan fingerprint density at radius 3 is 2.44 bits per heavy atom. The third kappa shape index (κ3) is 5.61. The van der Waals surface area contributed by atoms with Crippen LogP contribution in [0.25, 0.3) is 0 Å². The summed E-state index contributed by atoms with van der Waals surface area (Å²) in [6.45, 7) is 0.299. The average molecular weight is 335 g/mol. The number of hydrogen-bond acceptors (Lipinski definition) is 4. The van der Waals surface area contributed by atoms with Crippen LogP contribution in [0.2, 0.25) is 0 Å². The monoisotopic (exact) mass is 334 g/mol. The van der Waals surface area contributed by atoms with E-state index in [9.17, 15) is 13.2 Å². The molecule has 0 aliphatic rings. The van der Waals surface area contributed by atoms with E-state index in [-0.39, 0.29) is 5.75 Å². The van der Waals surface area contributed by atoms with E-state index >= 15 is 0 Å². The van der Waals surface area contributed by atoms with Crippen molar-refractivity contribution >= 4 is 37.4 Å². The third-order valence-electron chi connectivity index (χ3n) is 2.14. The summed E-state index contributed by atoms with van der Waals surface area (Å²) in [5, 5.41) is 2.53. The van der Waals surface area contributed by atoms with Crippen LogP contribution in [0, 0.1) is 0 Å². The zero-order chi connectivity index (χ0) is 13.6. The maximum atomic E-state index is 11.5. The van der Waals surface area contributed by atoms with Gasteiger partial charge in [-0.15, -0.1) is 0 Å². The Hall–Kier alpha value is -0.920. The van der Waals surface area contributed by atoms with Crippen LogP contribution in [-0.2, 0) is 14.6 Å². The molecule has 0 fully saturated rings. The van der Waals surface area contributed by atoms with Gasteiger partial charge in [0.1, 0.15) is 5.75 Å². The fourth-order valence-electron chi connectivity index (χ4n) is 1.31. The van der Waals surface area contributed by atoms with E-state index in [2.05, 4.69) is 21.2 Å². The summed E-state index contributed by atoms with van der Waals surface area (Å²) in [6, 6.07) is 6.90. The Kier molecular flexibility index (Phi) is 5.77. The molecule has 0 aromatic heterocycles. The molecule has 0 bridgehead atoms. The highest BCUT2D eigenvalue weighted by molar-refractivity contribution is 9.10. The Labute approximate surface area is 115 Å². The lowest BCUT2D eigenvalue weighted by Crippen LogP contribution is -2.25. The SMILES string of the molecule is NCCCS(=O)(=O)CC(=O)Nc1ccc(Br)cc1. The van der Waals surface area contributed by atoms with E-state index in [1.54, 1.807) is 24.3 Å². The Balaban J connectivity index is 2.54. The number of carbonyl (C=O) groups is 1. The highest BCUT2D eigenvalue weighted by atomic mass is 79.9. The molecule has 0 unspecified atom stereocenters. The smallest absolute Gasteiger partial charge is 0.239 e. The molecule has 0 atom stereocenters. The van der Waals surface area contributed by atoms with Gasteiger partial charge in [0, 0.05) is 10.2 Å². The summed E-state index contributed by atoms with van der Waals surface area (Å²) < 4.78 is 23.9. The van der Waals surface area contributed by atoms with Crippen molar-refractivity contribution in [2.45, 2.75) is 6.42 Å². The van der Waals surface area contributed by atoms with Crippen molar-refractivity contribution in [3.8, 4) is 0 Å². The number of nitrogens with one attached hydrogen (secondary N) is 1. The number of halogens is 1. The van der Waals surface area contributed by atoms with Crippen molar-refractivity contribution < 1.29 is 13.2 Å². The lowest BCUT2D eigenvalue weighted by atomic mass is 10.3. The number of nitrogens with two attached hydrogens (primary N) is 1. The molecule has 0 heterocycles. The number of anilines is 1. The maximum absolute atomic E-state index is 11.5. The number of sulfone groups is 1. The van der Waals surface area contributed by atoms with E-state index in [1.165, 1.54) is 0 Å². The zero-order valence-electron chi connectivity index (χ0n) is 9.73. The number of amides is 1. The van der Waals surface area contributed by atoms with Gasteiger partial charge < -0.3 is 11.1 Å². The molecule has 7 heteroatoms. The van der Waals surface area contributed by atoms with Gasteiger partial charge in [0.25, 0.3) is 0 Å². The average Bonchev–Trinajstić information content (AvgIpc) is 2.29. The van der Waals surface area contributed by atoms with Crippen molar-refractivity contribution in [3.63, 3.8) is 0 Å². The normalized spacial score (nSPS) is 11.2. The van der Waals surface area contributed by atoms with E-state index < -0.39 is 21.5 Å². The number of benzene rings is 1. The van der Waals surface area contributed by atoms with Gasteiger partial charge in [-0.05, 0) is 37.2 Å². The lowest BCUT2D eigenvalue weighted by Gasteiger charge is -2.06. The van der Waals surface area contributed by atoms with E-state index in [4.69, 9.17) is 5.73 Å². The maximum Gasteiger partial charge on any atom is 0.239 e. The minimum atomic E-state index is -3.37. The Morgan fingerprint density at radius 1 is 1.28 bits per heavy atom. The van der Waals surface area contributed by atoms with Gasteiger partial charge in [0.2, 0.25) is 5.91 Å². The first-order chi connectivity index (χ1) is 8.43. The van der Waals surface area contributed by atoms with Crippen molar-refractivity contribution in [2.24, 2.45) is 5.73 Å². The summed E-state index contributed by atoms with van der Waals surface area (Å²) in [4.78, 5) is 11.5. The first-order valence-electron chi connectivity index (χ1n) is 5.39. The van der Waals surface area contributed by atoms with Crippen molar-refractivity contribution in [2.75, 3.05) is 23.4 Å². The molecule has 0 aliphatic carbocycles. The first-order valence-corrected chi connectivity index (χ1v) is 8.00. The summed E-state index contributed by atoms with van der Waals surface area (Å²) in [5.41, 5.74) is 5.80. The van der Waals surface area contributed by atoms with Gasteiger partial charge in [0.15, 0.2) is 9.84 Å². The molecule has 1 rings (SSSR count). The zero-order valence-corrected chi connectivity index (χ0v) is 12.1. The molecule has 100 valence electrons. The largest absolute Gasteiger partial charge is 0.330 e. The van der Waals surface area contributed by atoms with E-state index in [0.29, 0.717) is 18.7 Å². The quantitative estimate of drug-likeness (QED) is 0.816. The summed E-state index contributed by atoms with van der Waals surface area (Å²) in [6.07, 6.45) is 0.369. The predicted molar refractivity (Wildman–Crippen MR) is 75.1 cm³/mol. The molecule has 0 spiro atoms. The van der Waals surface area contributed by atoms with Crippen LogP contribution in [0.5, 0.6) is 0 Å². The second-order valence-corrected chi connectivity index (χ2v) is 6.89. The molecule has 18 heavy (non-hydrogen) atoms. The van der Waals surface area contributed by atoms with Crippen LogP contribution in [0.15, 0.2) is 28.7 Å². The van der Waals surface area contributed by atoms with Gasteiger partial charge in [-0.1, -0.05) is 15.9 Å². The summed E-state index contributed by atoms with van der Waals surface area (Å²) >= 11 is 3.27. The van der Waals surface area contributed by atoms with E-state index in [0.717, 1.165) is 4.47 Å². The molecule has 1 aromatic carbocycles. The fraction of sp³-hybridized carbons (Fsp3) is 0.364.